The maximum atomic E-state index is 13.4. The fourth-order valence-electron chi connectivity index (χ4n) is 10.7. The molecule has 5 nitrogen and oxygen atoms in total. The summed E-state index contributed by atoms with van der Waals surface area (Å²) in [4.78, 5) is 26.5. The van der Waals surface area contributed by atoms with Crippen molar-refractivity contribution in [1.29, 1.82) is 0 Å². The van der Waals surface area contributed by atoms with Gasteiger partial charge in [-0.15, -0.1) is 0 Å². The molecular weight excluding hydrogens is 464 g/mol. The van der Waals surface area contributed by atoms with Crippen LogP contribution in [0.25, 0.3) is 0 Å². The van der Waals surface area contributed by atoms with Gasteiger partial charge in [0.1, 0.15) is 12.2 Å². The van der Waals surface area contributed by atoms with Gasteiger partial charge in [0.25, 0.3) is 0 Å². The number of esters is 2. The van der Waals surface area contributed by atoms with Crippen LogP contribution in [0.5, 0.6) is 0 Å². The third-order valence-corrected chi connectivity index (χ3v) is 12.8. The van der Waals surface area contributed by atoms with Crippen LogP contribution in [-0.2, 0) is 19.1 Å². The maximum Gasteiger partial charge on any atom is 0.335 e. The molecule has 0 bridgehead atoms. The number of ether oxygens (including phenoxy) is 2. The molecule has 0 aromatic heterocycles. The van der Waals surface area contributed by atoms with Crippen molar-refractivity contribution >= 4 is 11.9 Å². The fraction of sp³-hybridized carbons (Fsp3) is 0.875. The number of rotatable bonds is 5. The molecule has 3 saturated carbocycles. The number of cyclic esters (lactones) is 1. The summed E-state index contributed by atoms with van der Waals surface area (Å²) in [7, 11) is 0. The third kappa shape index (κ3) is 3.79. The Balaban J connectivity index is 1.60. The first-order chi connectivity index (χ1) is 17.3. The molecule has 4 aliphatic carbocycles. The average molecular weight is 515 g/mol. The van der Waals surface area contributed by atoms with E-state index in [0.29, 0.717) is 23.7 Å². The first kappa shape index (κ1) is 27.2. The highest BCUT2D eigenvalue weighted by molar-refractivity contribution is 5.94. The SMILES string of the molecule is CCC(O)CC(=O)O[C@H]1C[C@H]2[C@@](C)(CCC3[C@@](C)(CC)CCC[C@@]32C)[C@@H]2CCC3=C(C(=O)O[C@@H]3C)[C@@]12C. The monoisotopic (exact) mass is 514 g/mol. The van der Waals surface area contributed by atoms with E-state index in [0.717, 1.165) is 30.4 Å². The van der Waals surface area contributed by atoms with Gasteiger partial charge in [-0.3, -0.25) is 4.79 Å². The van der Waals surface area contributed by atoms with E-state index in [1.807, 2.05) is 13.8 Å². The van der Waals surface area contributed by atoms with Crippen molar-refractivity contribution in [3.8, 4) is 0 Å². The van der Waals surface area contributed by atoms with Crippen molar-refractivity contribution in [1.82, 2.24) is 0 Å². The molecule has 0 spiro atoms. The fourth-order valence-corrected chi connectivity index (χ4v) is 10.7. The van der Waals surface area contributed by atoms with Crippen LogP contribution in [0, 0.1) is 39.4 Å². The van der Waals surface area contributed by atoms with Gasteiger partial charge in [-0.05, 0) is 97.9 Å². The van der Waals surface area contributed by atoms with Crippen molar-refractivity contribution in [3.63, 3.8) is 0 Å². The minimum Gasteiger partial charge on any atom is -0.461 e. The van der Waals surface area contributed by atoms with Crippen LogP contribution in [0.3, 0.4) is 0 Å². The van der Waals surface area contributed by atoms with Gasteiger partial charge in [-0.2, -0.15) is 0 Å². The van der Waals surface area contributed by atoms with Gasteiger partial charge in [0.15, 0.2) is 0 Å². The zero-order valence-electron chi connectivity index (χ0n) is 24.3. The van der Waals surface area contributed by atoms with Gasteiger partial charge in [0, 0.05) is 11.0 Å². The van der Waals surface area contributed by atoms with Crippen LogP contribution in [0.2, 0.25) is 0 Å². The Bertz CT molecular complexity index is 986. The quantitative estimate of drug-likeness (QED) is 0.410. The van der Waals surface area contributed by atoms with Gasteiger partial charge in [-0.25, -0.2) is 4.79 Å². The van der Waals surface area contributed by atoms with E-state index < -0.39 is 11.5 Å². The molecule has 5 heteroatoms. The molecule has 0 aromatic carbocycles. The van der Waals surface area contributed by atoms with Crippen LogP contribution >= 0.6 is 0 Å². The molecule has 0 saturated heterocycles. The number of fused-ring (bicyclic) bond motifs is 6. The molecule has 0 amide bonds. The second kappa shape index (κ2) is 9.10. The number of carbonyl (C=O) groups excluding carboxylic acids is 2. The first-order valence-electron chi connectivity index (χ1n) is 15.2. The lowest BCUT2D eigenvalue weighted by atomic mass is 9.35. The Morgan fingerprint density at radius 1 is 1.05 bits per heavy atom. The van der Waals surface area contributed by atoms with Crippen LogP contribution in [-0.4, -0.2) is 35.4 Å². The van der Waals surface area contributed by atoms with E-state index in [9.17, 15) is 14.7 Å². The number of aliphatic hydroxyl groups is 1. The molecule has 1 aliphatic heterocycles. The summed E-state index contributed by atoms with van der Waals surface area (Å²) >= 11 is 0. The van der Waals surface area contributed by atoms with E-state index in [-0.39, 0.29) is 47.3 Å². The summed E-state index contributed by atoms with van der Waals surface area (Å²) in [6.07, 6.45) is 9.42. The highest BCUT2D eigenvalue weighted by Crippen LogP contribution is 2.74. The van der Waals surface area contributed by atoms with Gasteiger partial charge in [0.05, 0.1) is 12.5 Å². The zero-order valence-corrected chi connectivity index (χ0v) is 24.3. The average Bonchev–Trinajstić information content (AvgIpc) is 3.14. The van der Waals surface area contributed by atoms with Gasteiger partial charge >= 0.3 is 11.9 Å². The van der Waals surface area contributed by atoms with Gasteiger partial charge in [-0.1, -0.05) is 54.4 Å². The molecule has 37 heavy (non-hydrogen) atoms. The van der Waals surface area contributed by atoms with E-state index in [1.165, 1.54) is 38.5 Å². The van der Waals surface area contributed by atoms with Crippen molar-refractivity contribution in [2.45, 2.75) is 137 Å². The molecule has 1 heterocycles. The molecule has 0 aromatic rings. The van der Waals surface area contributed by atoms with E-state index in [2.05, 4.69) is 34.6 Å². The van der Waals surface area contributed by atoms with Crippen molar-refractivity contribution in [2.24, 2.45) is 39.4 Å². The second-order valence-electron chi connectivity index (χ2n) is 14.3. The lowest BCUT2D eigenvalue weighted by Gasteiger charge is -2.70. The highest BCUT2D eigenvalue weighted by atomic mass is 16.6. The number of carbonyl (C=O) groups is 2. The van der Waals surface area contributed by atoms with Crippen LogP contribution in [0.4, 0.5) is 0 Å². The van der Waals surface area contributed by atoms with E-state index in [4.69, 9.17) is 9.47 Å². The molecule has 1 N–H and O–H groups in total. The van der Waals surface area contributed by atoms with Crippen molar-refractivity contribution < 1.29 is 24.2 Å². The number of hydrogen-bond donors (Lipinski definition) is 1. The molecule has 0 radical (unpaired) electrons. The van der Waals surface area contributed by atoms with Gasteiger partial charge < -0.3 is 14.6 Å². The predicted octanol–water partition coefficient (Wildman–Crippen LogP) is 6.76. The summed E-state index contributed by atoms with van der Waals surface area (Å²) < 4.78 is 12.2. The van der Waals surface area contributed by atoms with Crippen LogP contribution < -0.4 is 0 Å². The van der Waals surface area contributed by atoms with Gasteiger partial charge in [0.2, 0.25) is 0 Å². The Morgan fingerprint density at radius 3 is 2.43 bits per heavy atom. The summed E-state index contributed by atoms with van der Waals surface area (Å²) in [6, 6.07) is 0. The topological polar surface area (TPSA) is 72.8 Å². The molecule has 2 unspecified atom stereocenters. The van der Waals surface area contributed by atoms with Crippen molar-refractivity contribution in [2.75, 3.05) is 0 Å². The second-order valence-corrected chi connectivity index (χ2v) is 14.3. The first-order valence-corrected chi connectivity index (χ1v) is 15.2. The third-order valence-electron chi connectivity index (χ3n) is 12.8. The molecule has 208 valence electrons. The predicted molar refractivity (Wildman–Crippen MR) is 143 cm³/mol. The minimum absolute atomic E-state index is 0.0102. The normalized spacial score (nSPS) is 47.8. The lowest BCUT2D eigenvalue weighted by Crippen LogP contribution is -2.66. The van der Waals surface area contributed by atoms with E-state index >= 15 is 0 Å². The Kier molecular flexibility index (Phi) is 6.69. The molecule has 5 aliphatic rings. The smallest absolute Gasteiger partial charge is 0.335 e. The van der Waals surface area contributed by atoms with E-state index in [1.54, 1.807) is 0 Å². The van der Waals surface area contributed by atoms with Crippen LogP contribution in [0.15, 0.2) is 11.1 Å². The Morgan fingerprint density at radius 2 is 1.76 bits per heavy atom. The van der Waals surface area contributed by atoms with Crippen LogP contribution in [0.1, 0.15) is 119 Å². The summed E-state index contributed by atoms with van der Waals surface area (Å²) in [5.41, 5.74) is 2.01. The van der Waals surface area contributed by atoms with Crippen molar-refractivity contribution in [3.05, 3.63) is 11.1 Å². The Labute approximate surface area is 224 Å². The summed E-state index contributed by atoms with van der Waals surface area (Å²) in [5.74, 6) is 0.831. The zero-order chi connectivity index (χ0) is 27.0. The summed E-state index contributed by atoms with van der Waals surface area (Å²) in [5, 5.41) is 10.2. The Hall–Kier alpha value is -1.36. The molecule has 10 atom stereocenters. The lowest BCUT2D eigenvalue weighted by molar-refractivity contribution is -0.228. The molecule has 5 rings (SSSR count). The largest absolute Gasteiger partial charge is 0.461 e. The highest BCUT2D eigenvalue weighted by Gasteiger charge is 2.70. The summed E-state index contributed by atoms with van der Waals surface area (Å²) in [6.45, 7) is 16.0. The number of aliphatic hydroxyl groups excluding tert-OH is 1. The molecular formula is C32H50O5. The molecule has 3 fully saturated rings. The minimum atomic E-state index is -0.692. The number of hydrogen-bond acceptors (Lipinski definition) is 5. The maximum absolute atomic E-state index is 13.4. The standard InChI is InChI=1S/C32H50O5/c1-8-20(33)17-26(34)37-25-18-24-30(5)15-10-14-29(4,9-2)22(30)13-16-31(24,6)23-12-11-21-19(3)36-28(35)27(21)32(23,25)7/h19-20,22-25,33H,8-18H2,1-7H3/t19-,20?,22?,23+,24-,25+,29+,30+,31+,32-/m1/s1.